The van der Waals surface area contributed by atoms with Crippen LogP contribution in [0.2, 0.25) is 0 Å². The summed E-state index contributed by atoms with van der Waals surface area (Å²) in [6, 6.07) is 16.0. The molecule has 1 aromatic heterocycles. The minimum atomic E-state index is -0.136. The summed E-state index contributed by atoms with van der Waals surface area (Å²) in [5, 5.41) is 3.50. The van der Waals surface area contributed by atoms with Crippen LogP contribution in [0.1, 0.15) is 42.4 Å². The van der Waals surface area contributed by atoms with E-state index in [0.29, 0.717) is 11.7 Å². The first-order valence-corrected chi connectivity index (χ1v) is 12.8. The third-order valence-corrected chi connectivity index (χ3v) is 7.95. The number of aryl methyl sites for hydroxylation is 1. The van der Waals surface area contributed by atoms with Gasteiger partial charge in [-0.15, -0.1) is 6.58 Å². The molecule has 1 fully saturated rings. The first-order valence-electron chi connectivity index (χ1n) is 11.8. The Labute approximate surface area is 204 Å². The quantitative estimate of drug-likeness (QED) is 0.293. The van der Waals surface area contributed by atoms with E-state index in [1.165, 1.54) is 17.3 Å². The third kappa shape index (κ3) is 4.11. The van der Waals surface area contributed by atoms with E-state index in [-0.39, 0.29) is 22.6 Å². The van der Waals surface area contributed by atoms with Crippen LogP contribution < -0.4 is 10.9 Å². The highest BCUT2D eigenvalue weighted by Gasteiger charge is 2.44. The summed E-state index contributed by atoms with van der Waals surface area (Å²) in [6.07, 6.45) is 6.93. The number of nitrogens with zero attached hydrogens (tertiary/aromatic N) is 2. The molecule has 3 aromatic rings. The number of carbonyl (C=O) groups is 1. The Morgan fingerprint density at radius 2 is 2.00 bits per heavy atom. The molecule has 0 atom stereocenters. The lowest BCUT2D eigenvalue weighted by Gasteiger charge is -2.36. The lowest BCUT2D eigenvalue weighted by Crippen LogP contribution is -2.40. The van der Waals surface area contributed by atoms with E-state index in [1.807, 2.05) is 37.3 Å². The molecule has 5 rings (SSSR count). The minimum Gasteiger partial charge on any atom is -0.325 e. The van der Waals surface area contributed by atoms with Gasteiger partial charge in [0.05, 0.1) is 17.0 Å². The molecule has 0 aliphatic heterocycles. The molecule has 1 heterocycles. The Morgan fingerprint density at radius 1 is 1.21 bits per heavy atom. The molecule has 0 bridgehead atoms. The zero-order chi connectivity index (χ0) is 23.7. The second-order valence-corrected chi connectivity index (χ2v) is 10.3. The third-order valence-electron chi connectivity index (χ3n) is 6.97. The van der Waals surface area contributed by atoms with E-state index in [9.17, 15) is 9.59 Å². The summed E-state index contributed by atoms with van der Waals surface area (Å²) in [4.78, 5) is 31.6. The van der Waals surface area contributed by atoms with E-state index in [4.69, 9.17) is 4.98 Å². The van der Waals surface area contributed by atoms with Crippen LogP contribution in [0, 0.1) is 6.92 Å². The van der Waals surface area contributed by atoms with Gasteiger partial charge in [0.2, 0.25) is 5.91 Å². The number of hydrogen-bond donors (Lipinski definition) is 1. The number of thioether (sulfide) groups is 1. The van der Waals surface area contributed by atoms with E-state index in [2.05, 4.69) is 30.1 Å². The maximum absolute atomic E-state index is 13.9. The van der Waals surface area contributed by atoms with Gasteiger partial charge in [0.25, 0.3) is 5.56 Å². The Bertz CT molecular complexity index is 1320. The molecule has 1 saturated carbocycles. The molecule has 1 amide bonds. The molecule has 0 radical (unpaired) electrons. The summed E-state index contributed by atoms with van der Waals surface area (Å²) >= 11 is 1.30. The van der Waals surface area contributed by atoms with Gasteiger partial charge in [0.15, 0.2) is 5.16 Å². The number of rotatable bonds is 6. The van der Waals surface area contributed by atoms with Crippen LogP contribution in [0.3, 0.4) is 0 Å². The van der Waals surface area contributed by atoms with Crippen molar-refractivity contribution in [3.05, 3.63) is 88.2 Å². The molecule has 1 spiro atoms. The summed E-state index contributed by atoms with van der Waals surface area (Å²) in [6.45, 7) is 6.22. The summed E-state index contributed by atoms with van der Waals surface area (Å²) in [7, 11) is 0. The maximum atomic E-state index is 13.9. The fourth-order valence-electron chi connectivity index (χ4n) is 5.50. The predicted molar refractivity (Wildman–Crippen MR) is 139 cm³/mol. The molecule has 5 nitrogen and oxygen atoms in total. The van der Waals surface area contributed by atoms with Crippen LogP contribution in [0.5, 0.6) is 0 Å². The largest absolute Gasteiger partial charge is 0.325 e. The van der Waals surface area contributed by atoms with Crippen LogP contribution in [-0.4, -0.2) is 21.2 Å². The molecular formula is C28H29N3O2S. The van der Waals surface area contributed by atoms with Crippen LogP contribution >= 0.6 is 11.8 Å². The van der Waals surface area contributed by atoms with Crippen molar-refractivity contribution < 1.29 is 4.79 Å². The lowest BCUT2D eigenvalue weighted by atomic mass is 9.68. The smallest absolute Gasteiger partial charge is 0.258 e. The Kier molecular flexibility index (Phi) is 6.17. The number of fused-ring (bicyclic) bond motifs is 4. The van der Waals surface area contributed by atoms with Gasteiger partial charge in [-0.3, -0.25) is 14.2 Å². The van der Waals surface area contributed by atoms with Gasteiger partial charge in [-0.2, -0.15) is 0 Å². The second kappa shape index (κ2) is 9.26. The molecule has 0 unspecified atom stereocenters. The topological polar surface area (TPSA) is 64.0 Å². The predicted octanol–water partition coefficient (Wildman–Crippen LogP) is 5.50. The van der Waals surface area contributed by atoms with Gasteiger partial charge in [0.1, 0.15) is 0 Å². The van der Waals surface area contributed by atoms with Gasteiger partial charge in [-0.1, -0.05) is 67.1 Å². The van der Waals surface area contributed by atoms with Crippen molar-refractivity contribution in [2.24, 2.45) is 0 Å². The number of hydrogen-bond acceptors (Lipinski definition) is 4. The van der Waals surface area contributed by atoms with Crippen molar-refractivity contribution in [3.8, 4) is 11.3 Å². The SMILES string of the molecule is C=CCn1c(SCC(=O)Nc2cccc(C)c2)nc2c(c1=O)C1(CCCC1)Cc1ccccc1-2. The highest BCUT2D eigenvalue weighted by atomic mass is 32.2. The van der Waals surface area contributed by atoms with Crippen molar-refractivity contribution in [3.63, 3.8) is 0 Å². The molecule has 174 valence electrons. The molecule has 2 aliphatic carbocycles. The lowest BCUT2D eigenvalue weighted by molar-refractivity contribution is -0.113. The van der Waals surface area contributed by atoms with Crippen LogP contribution in [0.25, 0.3) is 11.3 Å². The number of anilines is 1. The molecule has 2 aromatic carbocycles. The number of carbonyl (C=O) groups excluding carboxylic acids is 1. The zero-order valence-electron chi connectivity index (χ0n) is 19.5. The second-order valence-electron chi connectivity index (χ2n) is 9.35. The number of amides is 1. The fourth-order valence-corrected chi connectivity index (χ4v) is 6.30. The first kappa shape index (κ1) is 22.7. The van der Waals surface area contributed by atoms with Crippen molar-refractivity contribution in [1.82, 2.24) is 9.55 Å². The highest BCUT2D eigenvalue weighted by molar-refractivity contribution is 7.99. The molecule has 6 heteroatoms. The summed E-state index contributed by atoms with van der Waals surface area (Å²) in [5.41, 5.74) is 5.70. The number of aromatic nitrogens is 2. The Morgan fingerprint density at radius 3 is 2.76 bits per heavy atom. The normalized spacial score (nSPS) is 15.6. The monoisotopic (exact) mass is 471 g/mol. The van der Waals surface area contributed by atoms with Crippen molar-refractivity contribution in [2.75, 3.05) is 11.1 Å². The average molecular weight is 472 g/mol. The van der Waals surface area contributed by atoms with E-state index in [1.54, 1.807) is 10.6 Å². The fraction of sp³-hybridized carbons (Fsp3) is 0.321. The van der Waals surface area contributed by atoms with Crippen molar-refractivity contribution in [1.29, 1.82) is 0 Å². The maximum Gasteiger partial charge on any atom is 0.258 e. The van der Waals surface area contributed by atoms with Crippen molar-refractivity contribution >= 4 is 23.4 Å². The van der Waals surface area contributed by atoms with E-state index < -0.39 is 0 Å². The summed E-state index contributed by atoms with van der Waals surface area (Å²) < 4.78 is 1.70. The van der Waals surface area contributed by atoms with E-state index >= 15 is 0 Å². The Hall–Kier alpha value is -3.12. The number of nitrogens with one attached hydrogen (secondary N) is 1. The van der Waals surface area contributed by atoms with Crippen LogP contribution in [-0.2, 0) is 23.2 Å². The molecular weight excluding hydrogens is 442 g/mol. The first-order chi connectivity index (χ1) is 16.5. The van der Waals surface area contributed by atoms with Crippen LogP contribution in [0.4, 0.5) is 5.69 Å². The number of allylic oxidation sites excluding steroid dienone is 1. The van der Waals surface area contributed by atoms with Gasteiger partial charge in [0, 0.05) is 23.2 Å². The summed E-state index contributed by atoms with van der Waals surface area (Å²) in [5.74, 6) is 0.0451. The molecule has 0 saturated heterocycles. The average Bonchev–Trinajstić information content (AvgIpc) is 3.28. The number of benzene rings is 2. The highest BCUT2D eigenvalue weighted by Crippen LogP contribution is 2.49. The Balaban J connectivity index is 1.52. The van der Waals surface area contributed by atoms with Gasteiger partial charge < -0.3 is 5.32 Å². The van der Waals surface area contributed by atoms with Crippen molar-refractivity contribution in [2.45, 2.75) is 56.1 Å². The molecule has 1 N–H and O–H groups in total. The van der Waals surface area contributed by atoms with Gasteiger partial charge in [-0.25, -0.2) is 4.98 Å². The standard InChI is InChI=1S/C28H29N3O2S/c1-3-15-31-26(33)24-25(22-12-5-4-10-20(22)17-28(24)13-6-7-14-28)30-27(31)34-18-23(32)29-21-11-8-9-19(2)16-21/h3-5,8-12,16H,1,6-7,13-15,17-18H2,2H3,(H,29,32). The molecule has 2 aliphatic rings. The molecule has 34 heavy (non-hydrogen) atoms. The van der Waals surface area contributed by atoms with Gasteiger partial charge >= 0.3 is 0 Å². The van der Waals surface area contributed by atoms with Gasteiger partial charge in [-0.05, 0) is 49.4 Å². The van der Waals surface area contributed by atoms with E-state index in [0.717, 1.165) is 60.2 Å². The zero-order valence-corrected chi connectivity index (χ0v) is 20.3. The minimum absolute atomic E-state index is 0.0166. The van der Waals surface area contributed by atoms with Crippen LogP contribution in [0.15, 0.2) is 71.1 Å².